The van der Waals surface area contributed by atoms with Gasteiger partial charge in [-0.2, -0.15) is 0 Å². The highest BCUT2D eigenvalue weighted by atomic mass is 32.2. The highest BCUT2D eigenvalue weighted by Crippen LogP contribution is 2.28. The van der Waals surface area contributed by atoms with Gasteiger partial charge in [0, 0.05) is 11.3 Å². The number of hydrogen-bond donors (Lipinski definition) is 1. The average molecular weight is 277 g/mol. The predicted molar refractivity (Wildman–Crippen MR) is 82.7 cm³/mol. The minimum Gasteiger partial charge on any atom is -0.325 e. The Morgan fingerprint density at radius 3 is 2.74 bits per heavy atom. The van der Waals surface area contributed by atoms with Crippen LogP contribution < -0.4 is 5.32 Å². The summed E-state index contributed by atoms with van der Waals surface area (Å²) in [4.78, 5) is 13.1. The monoisotopic (exact) mass is 277 g/mol. The molecule has 3 heteroatoms. The molecular weight excluding hydrogens is 254 g/mol. The zero-order valence-corrected chi connectivity index (χ0v) is 12.5. The molecule has 1 N–H and O–H groups in total. The van der Waals surface area contributed by atoms with Gasteiger partial charge in [0.1, 0.15) is 0 Å². The van der Waals surface area contributed by atoms with E-state index in [0.29, 0.717) is 6.42 Å². The van der Waals surface area contributed by atoms with Gasteiger partial charge in [0.25, 0.3) is 0 Å². The molecule has 2 nitrogen and oxygen atoms in total. The Bertz CT molecular complexity index is 413. The Balaban J connectivity index is 1.80. The van der Waals surface area contributed by atoms with E-state index in [1.165, 1.54) is 32.1 Å². The fourth-order valence-electron chi connectivity index (χ4n) is 2.77. The van der Waals surface area contributed by atoms with Crippen molar-refractivity contribution in [2.45, 2.75) is 49.8 Å². The van der Waals surface area contributed by atoms with Gasteiger partial charge in [0.15, 0.2) is 0 Å². The van der Waals surface area contributed by atoms with E-state index in [4.69, 9.17) is 0 Å². The van der Waals surface area contributed by atoms with Crippen LogP contribution in [0.4, 0.5) is 5.69 Å². The zero-order chi connectivity index (χ0) is 13.5. The number of benzene rings is 1. The van der Waals surface area contributed by atoms with Crippen LogP contribution in [0.25, 0.3) is 0 Å². The maximum absolute atomic E-state index is 12.0. The molecule has 0 aliphatic heterocycles. The van der Waals surface area contributed by atoms with Crippen LogP contribution >= 0.6 is 11.8 Å². The molecule has 0 saturated heterocycles. The Morgan fingerprint density at radius 1 is 1.26 bits per heavy atom. The van der Waals surface area contributed by atoms with Crippen molar-refractivity contribution >= 4 is 23.4 Å². The van der Waals surface area contributed by atoms with Gasteiger partial charge < -0.3 is 5.32 Å². The first kappa shape index (κ1) is 14.4. The summed E-state index contributed by atoms with van der Waals surface area (Å²) >= 11 is 1.67. The number of hydrogen-bond acceptors (Lipinski definition) is 2. The molecule has 0 heterocycles. The van der Waals surface area contributed by atoms with Gasteiger partial charge >= 0.3 is 0 Å². The van der Waals surface area contributed by atoms with E-state index in [1.807, 2.05) is 30.5 Å². The van der Waals surface area contributed by atoms with Gasteiger partial charge in [0.05, 0.1) is 5.69 Å². The predicted octanol–water partition coefficient (Wildman–Crippen LogP) is 4.71. The van der Waals surface area contributed by atoms with E-state index in [1.54, 1.807) is 11.8 Å². The largest absolute Gasteiger partial charge is 0.325 e. The second-order valence-electron chi connectivity index (χ2n) is 5.29. The Morgan fingerprint density at radius 2 is 2.00 bits per heavy atom. The average Bonchev–Trinajstić information content (AvgIpc) is 2.47. The van der Waals surface area contributed by atoms with E-state index in [9.17, 15) is 4.79 Å². The third-order valence-electron chi connectivity index (χ3n) is 3.89. The van der Waals surface area contributed by atoms with Gasteiger partial charge in [-0.15, -0.1) is 11.8 Å². The number of carbonyl (C=O) groups is 1. The summed E-state index contributed by atoms with van der Waals surface area (Å²) < 4.78 is 0. The number of nitrogens with one attached hydrogen (secondary N) is 1. The Labute approximate surface area is 120 Å². The molecule has 0 atom stereocenters. The highest BCUT2D eigenvalue weighted by molar-refractivity contribution is 7.98. The Hall–Kier alpha value is -0.960. The number of thioether (sulfide) groups is 1. The van der Waals surface area contributed by atoms with Crippen molar-refractivity contribution in [1.29, 1.82) is 0 Å². The lowest BCUT2D eigenvalue weighted by Crippen LogP contribution is -2.15. The number of anilines is 1. The molecule has 1 aliphatic carbocycles. The first-order chi connectivity index (χ1) is 9.29. The van der Waals surface area contributed by atoms with E-state index in [-0.39, 0.29) is 5.91 Å². The molecule has 0 spiro atoms. The lowest BCUT2D eigenvalue weighted by molar-refractivity contribution is -0.116. The van der Waals surface area contributed by atoms with Crippen LogP contribution in [0.3, 0.4) is 0 Å². The van der Waals surface area contributed by atoms with Crippen LogP contribution in [-0.2, 0) is 4.79 Å². The molecule has 1 amide bonds. The first-order valence-corrected chi connectivity index (χ1v) is 8.45. The van der Waals surface area contributed by atoms with Crippen molar-refractivity contribution in [3.8, 4) is 0 Å². The summed E-state index contributed by atoms with van der Waals surface area (Å²) in [5.74, 6) is 0.933. The third-order valence-corrected chi connectivity index (χ3v) is 4.68. The number of para-hydroxylation sites is 1. The SMILES string of the molecule is CSc1ccccc1NC(=O)CCC1CCCCC1. The van der Waals surface area contributed by atoms with E-state index < -0.39 is 0 Å². The van der Waals surface area contributed by atoms with Crippen LogP contribution in [0.1, 0.15) is 44.9 Å². The molecule has 1 fully saturated rings. The van der Waals surface area contributed by atoms with Crippen molar-refractivity contribution in [3.63, 3.8) is 0 Å². The molecule has 1 aromatic rings. The smallest absolute Gasteiger partial charge is 0.224 e. The van der Waals surface area contributed by atoms with E-state index in [2.05, 4.69) is 5.32 Å². The van der Waals surface area contributed by atoms with E-state index >= 15 is 0 Å². The lowest BCUT2D eigenvalue weighted by atomic mass is 9.86. The minimum absolute atomic E-state index is 0.159. The van der Waals surface area contributed by atoms with Gasteiger partial charge in [0.2, 0.25) is 5.91 Å². The number of amides is 1. The summed E-state index contributed by atoms with van der Waals surface area (Å²) in [5, 5.41) is 3.04. The van der Waals surface area contributed by atoms with Crippen molar-refractivity contribution in [1.82, 2.24) is 0 Å². The number of rotatable bonds is 5. The summed E-state index contributed by atoms with van der Waals surface area (Å²) in [6.45, 7) is 0. The summed E-state index contributed by atoms with van der Waals surface area (Å²) in [6, 6.07) is 7.99. The number of carbonyl (C=O) groups excluding carboxylic acids is 1. The summed E-state index contributed by atoms with van der Waals surface area (Å²) in [6.07, 6.45) is 10.4. The van der Waals surface area contributed by atoms with Gasteiger partial charge in [-0.1, -0.05) is 44.2 Å². The maximum atomic E-state index is 12.0. The van der Waals surface area contributed by atoms with Crippen molar-refractivity contribution in [2.24, 2.45) is 5.92 Å². The third kappa shape index (κ3) is 4.57. The summed E-state index contributed by atoms with van der Waals surface area (Å²) in [7, 11) is 0. The Kier molecular flexibility index (Phi) is 5.77. The minimum atomic E-state index is 0.159. The fraction of sp³-hybridized carbons (Fsp3) is 0.562. The van der Waals surface area contributed by atoms with Crippen molar-refractivity contribution in [2.75, 3.05) is 11.6 Å². The first-order valence-electron chi connectivity index (χ1n) is 7.22. The quantitative estimate of drug-likeness (QED) is 0.790. The molecule has 19 heavy (non-hydrogen) atoms. The van der Waals surface area contributed by atoms with Crippen LogP contribution in [0.15, 0.2) is 29.2 Å². The molecule has 0 bridgehead atoms. The summed E-state index contributed by atoms with van der Waals surface area (Å²) in [5.41, 5.74) is 0.948. The maximum Gasteiger partial charge on any atom is 0.224 e. The van der Waals surface area contributed by atoms with Crippen LogP contribution in [-0.4, -0.2) is 12.2 Å². The lowest BCUT2D eigenvalue weighted by Gasteiger charge is -2.21. The normalized spacial score (nSPS) is 16.3. The van der Waals surface area contributed by atoms with Gasteiger partial charge in [-0.05, 0) is 30.7 Å². The molecular formula is C16H23NOS. The molecule has 1 saturated carbocycles. The van der Waals surface area contributed by atoms with Crippen molar-refractivity contribution in [3.05, 3.63) is 24.3 Å². The standard InChI is InChI=1S/C16H23NOS/c1-19-15-10-6-5-9-14(15)17-16(18)12-11-13-7-3-2-4-8-13/h5-6,9-10,13H,2-4,7-8,11-12H2,1H3,(H,17,18). The van der Waals surface area contributed by atoms with Gasteiger partial charge in [-0.25, -0.2) is 0 Å². The topological polar surface area (TPSA) is 29.1 Å². The fourth-order valence-corrected chi connectivity index (χ4v) is 3.33. The van der Waals surface area contributed by atoms with Crippen LogP contribution in [0.5, 0.6) is 0 Å². The zero-order valence-electron chi connectivity index (χ0n) is 11.7. The second kappa shape index (κ2) is 7.59. The van der Waals surface area contributed by atoms with Crippen molar-refractivity contribution < 1.29 is 4.79 Å². The van der Waals surface area contributed by atoms with Crippen LogP contribution in [0, 0.1) is 5.92 Å². The molecule has 1 aromatic carbocycles. The highest BCUT2D eigenvalue weighted by Gasteiger charge is 2.15. The van der Waals surface area contributed by atoms with Gasteiger partial charge in [-0.3, -0.25) is 4.79 Å². The second-order valence-corrected chi connectivity index (χ2v) is 6.14. The van der Waals surface area contributed by atoms with Crippen LogP contribution in [0.2, 0.25) is 0 Å². The molecule has 2 rings (SSSR count). The van der Waals surface area contributed by atoms with E-state index in [0.717, 1.165) is 22.9 Å². The molecule has 104 valence electrons. The molecule has 0 unspecified atom stereocenters. The molecule has 0 aromatic heterocycles. The molecule has 1 aliphatic rings. The molecule has 0 radical (unpaired) electrons.